The van der Waals surface area contributed by atoms with Crippen LogP contribution >= 0.6 is 0 Å². The van der Waals surface area contributed by atoms with Gasteiger partial charge in [-0.25, -0.2) is 14.5 Å². The number of carbonyl (C=O) groups is 2. The second kappa shape index (κ2) is 10.7. The lowest BCUT2D eigenvalue weighted by Gasteiger charge is -2.28. The van der Waals surface area contributed by atoms with Crippen molar-refractivity contribution in [3.63, 3.8) is 0 Å². The number of alkyl halides is 3. The number of aromatic nitrogens is 4. The Labute approximate surface area is 193 Å². The molecule has 1 saturated carbocycles. The fourth-order valence-electron chi connectivity index (χ4n) is 3.71. The largest absolute Gasteiger partial charge is 0.488 e. The monoisotopic (exact) mass is 485 g/mol. The molecule has 2 N–H and O–H groups in total. The highest BCUT2D eigenvalue weighted by Gasteiger charge is 2.38. The van der Waals surface area contributed by atoms with E-state index in [0.29, 0.717) is 31.4 Å². The molecule has 1 aliphatic carbocycles. The highest BCUT2D eigenvalue weighted by Crippen LogP contribution is 2.38. The maximum absolute atomic E-state index is 13.8. The van der Waals surface area contributed by atoms with Gasteiger partial charge in [0.05, 0.1) is 36.6 Å². The maximum atomic E-state index is 13.8. The SMILES string of the molecule is CCCOC(=O)NCc1c(-c2ccc(O[C@H]3CCC[C@H](C(=O)O)C3)c(C(F)(F)F)n2)nnn1C. The van der Waals surface area contributed by atoms with Gasteiger partial charge in [0.25, 0.3) is 0 Å². The Bertz CT molecular complexity index is 1030. The number of hydrogen-bond donors (Lipinski definition) is 2. The summed E-state index contributed by atoms with van der Waals surface area (Å²) in [4.78, 5) is 26.8. The van der Waals surface area contributed by atoms with Crippen molar-refractivity contribution in [3.05, 3.63) is 23.5 Å². The molecule has 0 unspecified atom stereocenters. The standard InChI is InChI=1S/C21H26F3N5O5/c1-3-9-33-20(32)25-11-15-17(27-28-29(15)2)14-7-8-16(18(26-14)21(22,23)24)34-13-6-4-5-12(10-13)19(30)31/h7-8,12-13H,3-6,9-11H2,1-2H3,(H,25,32)(H,30,31)/t12-,13-/m0/s1. The predicted molar refractivity (Wildman–Crippen MR) is 112 cm³/mol. The van der Waals surface area contributed by atoms with E-state index < -0.39 is 41.7 Å². The molecule has 2 heterocycles. The first-order valence-electron chi connectivity index (χ1n) is 10.9. The molecule has 1 fully saturated rings. The smallest absolute Gasteiger partial charge is 0.437 e. The fraction of sp³-hybridized carbons (Fsp3) is 0.571. The average Bonchev–Trinajstić information content (AvgIpc) is 3.16. The van der Waals surface area contributed by atoms with E-state index in [-0.39, 0.29) is 31.0 Å². The van der Waals surface area contributed by atoms with Gasteiger partial charge >= 0.3 is 18.2 Å². The summed E-state index contributed by atoms with van der Waals surface area (Å²) < 4.78 is 53.3. The number of nitrogens with zero attached hydrogens (tertiary/aromatic N) is 4. The first-order chi connectivity index (χ1) is 16.1. The molecule has 0 spiro atoms. The molecule has 1 aliphatic rings. The summed E-state index contributed by atoms with van der Waals surface area (Å²) in [5.41, 5.74) is -0.939. The second-order valence-electron chi connectivity index (χ2n) is 7.98. The van der Waals surface area contributed by atoms with Gasteiger partial charge in [-0.3, -0.25) is 4.79 Å². The number of hydrogen-bond acceptors (Lipinski definition) is 7. The van der Waals surface area contributed by atoms with E-state index in [1.807, 2.05) is 6.92 Å². The summed E-state index contributed by atoms with van der Waals surface area (Å²) in [6.45, 7) is 1.99. The first-order valence-corrected chi connectivity index (χ1v) is 10.9. The van der Waals surface area contributed by atoms with Gasteiger partial charge in [0.2, 0.25) is 0 Å². The molecule has 2 aromatic heterocycles. The third kappa shape index (κ3) is 6.14. The quantitative estimate of drug-likeness (QED) is 0.581. The zero-order valence-electron chi connectivity index (χ0n) is 18.8. The zero-order chi connectivity index (χ0) is 24.9. The Balaban J connectivity index is 1.85. The molecule has 0 aromatic carbocycles. The third-order valence-electron chi connectivity index (χ3n) is 5.42. The van der Waals surface area contributed by atoms with Gasteiger partial charge in [-0.1, -0.05) is 12.1 Å². The van der Waals surface area contributed by atoms with Crippen LogP contribution < -0.4 is 10.1 Å². The molecule has 0 aliphatic heterocycles. The van der Waals surface area contributed by atoms with Crippen LogP contribution in [0.3, 0.4) is 0 Å². The average molecular weight is 485 g/mol. The number of carboxylic acid groups (broad SMARTS) is 1. The summed E-state index contributed by atoms with van der Waals surface area (Å²) in [7, 11) is 1.54. The molecule has 1 amide bonds. The topological polar surface area (TPSA) is 128 Å². The van der Waals surface area contributed by atoms with E-state index in [9.17, 15) is 27.9 Å². The summed E-state index contributed by atoms with van der Waals surface area (Å²) in [5, 5.41) is 19.5. The molecule has 34 heavy (non-hydrogen) atoms. The lowest BCUT2D eigenvalue weighted by atomic mass is 9.87. The molecule has 0 radical (unpaired) electrons. The van der Waals surface area contributed by atoms with Gasteiger partial charge in [-0.15, -0.1) is 5.10 Å². The van der Waals surface area contributed by atoms with Crippen LogP contribution in [0.2, 0.25) is 0 Å². The highest BCUT2D eigenvalue weighted by molar-refractivity contribution is 5.70. The minimum atomic E-state index is -4.82. The number of carbonyl (C=O) groups excluding carboxylic acids is 1. The molecule has 186 valence electrons. The Hall–Kier alpha value is -3.38. The van der Waals surface area contributed by atoms with Gasteiger partial charge in [-0.05, 0) is 44.2 Å². The predicted octanol–water partition coefficient (Wildman–Crippen LogP) is 3.55. The minimum absolute atomic E-state index is 0.0685. The van der Waals surface area contributed by atoms with Crippen LogP contribution in [0.5, 0.6) is 5.75 Å². The molecule has 0 saturated heterocycles. The molecular formula is C21H26F3N5O5. The van der Waals surface area contributed by atoms with E-state index in [1.54, 1.807) is 0 Å². The number of rotatable bonds is 8. The normalized spacial score (nSPS) is 18.4. The molecule has 0 bridgehead atoms. The van der Waals surface area contributed by atoms with Crippen molar-refractivity contribution in [1.29, 1.82) is 0 Å². The van der Waals surface area contributed by atoms with Crippen LogP contribution in [0, 0.1) is 5.92 Å². The number of ether oxygens (including phenoxy) is 2. The minimum Gasteiger partial charge on any atom is -0.488 e. The molecule has 3 rings (SSSR count). The van der Waals surface area contributed by atoms with Gasteiger partial charge in [0.15, 0.2) is 11.4 Å². The Morgan fingerprint density at radius 2 is 2.06 bits per heavy atom. The van der Waals surface area contributed by atoms with Crippen molar-refractivity contribution in [2.75, 3.05) is 6.61 Å². The van der Waals surface area contributed by atoms with Gasteiger partial charge in [-0.2, -0.15) is 13.2 Å². The molecule has 2 atom stereocenters. The number of aryl methyl sites for hydroxylation is 1. The summed E-state index contributed by atoms with van der Waals surface area (Å²) in [6.07, 6.45) is -3.92. The Kier molecular flexibility index (Phi) is 7.94. The summed E-state index contributed by atoms with van der Waals surface area (Å²) >= 11 is 0. The summed E-state index contributed by atoms with van der Waals surface area (Å²) in [5.74, 6) is -2.11. The lowest BCUT2D eigenvalue weighted by molar-refractivity contribution is -0.146. The van der Waals surface area contributed by atoms with E-state index in [2.05, 4.69) is 20.6 Å². The number of pyridine rings is 1. The van der Waals surface area contributed by atoms with Crippen molar-refractivity contribution < 1.29 is 37.3 Å². The van der Waals surface area contributed by atoms with E-state index in [0.717, 1.165) is 6.07 Å². The second-order valence-corrected chi connectivity index (χ2v) is 7.98. The van der Waals surface area contributed by atoms with Crippen LogP contribution in [0.25, 0.3) is 11.4 Å². The van der Waals surface area contributed by atoms with Crippen molar-refractivity contribution >= 4 is 12.1 Å². The van der Waals surface area contributed by atoms with Crippen LogP contribution in [0.1, 0.15) is 50.4 Å². The number of nitrogens with one attached hydrogen (secondary N) is 1. The number of aliphatic carboxylic acids is 1. The highest BCUT2D eigenvalue weighted by atomic mass is 19.4. The van der Waals surface area contributed by atoms with Crippen molar-refractivity contribution in [1.82, 2.24) is 25.3 Å². The van der Waals surface area contributed by atoms with Crippen LogP contribution in [0.15, 0.2) is 12.1 Å². The maximum Gasteiger partial charge on any atom is 0.437 e. The van der Waals surface area contributed by atoms with Crippen molar-refractivity contribution in [3.8, 4) is 17.1 Å². The van der Waals surface area contributed by atoms with Crippen molar-refractivity contribution in [2.45, 2.75) is 57.9 Å². The molecule has 13 heteroatoms. The molecular weight excluding hydrogens is 459 g/mol. The van der Waals surface area contributed by atoms with Crippen molar-refractivity contribution in [2.24, 2.45) is 13.0 Å². The Morgan fingerprint density at radius 1 is 1.29 bits per heavy atom. The summed E-state index contributed by atoms with van der Waals surface area (Å²) in [6, 6.07) is 2.47. The number of halogens is 3. The fourth-order valence-corrected chi connectivity index (χ4v) is 3.71. The molecule has 2 aromatic rings. The van der Waals surface area contributed by atoms with E-state index in [1.165, 1.54) is 17.8 Å². The van der Waals surface area contributed by atoms with Crippen LogP contribution in [0.4, 0.5) is 18.0 Å². The first kappa shape index (κ1) is 25.2. The Morgan fingerprint density at radius 3 is 2.74 bits per heavy atom. The zero-order valence-corrected chi connectivity index (χ0v) is 18.8. The molecule has 10 nitrogen and oxygen atoms in total. The lowest BCUT2D eigenvalue weighted by Crippen LogP contribution is -2.30. The number of carboxylic acids is 1. The van der Waals surface area contributed by atoms with E-state index in [4.69, 9.17) is 9.47 Å². The van der Waals surface area contributed by atoms with Gasteiger partial charge < -0.3 is 19.9 Å². The third-order valence-corrected chi connectivity index (χ3v) is 5.42. The van der Waals surface area contributed by atoms with Crippen LogP contribution in [-0.4, -0.2) is 49.9 Å². The van der Waals surface area contributed by atoms with Crippen LogP contribution in [-0.2, 0) is 29.3 Å². The van der Waals surface area contributed by atoms with Gasteiger partial charge in [0.1, 0.15) is 5.69 Å². The number of alkyl carbamates (subject to hydrolysis) is 1. The van der Waals surface area contributed by atoms with Gasteiger partial charge in [0, 0.05) is 7.05 Å². The van der Waals surface area contributed by atoms with E-state index >= 15 is 0 Å². The number of amides is 1.